The van der Waals surface area contributed by atoms with Crippen LogP contribution in [0.5, 0.6) is 0 Å². The number of nitrogens with one attached hydrogen (secondary N) is 1. The van der Waals surface area contributed by atoms with Crippen molar-refractivity contribution >= 4 is 17.6 Å². The number of Topliss-reactive ketones (excluding diaryl/α,β-unsaturated/α-hetero) is 1. The van der Waals surface area contributed by atoms with Gasteiger partial charge >= 0.3 is 6.09 Å². The molecule has 19 heavy (non-hydrogen) atoms. The molecule has 1 aromatic rings. The lowest BCUT2D eigenvalue weighted by molar-refractivity contribution is 0.0636. The highest BCUT2D eigenvalue weighted by molar-refractivity contribution is 5.98. The van der Waals surface area contributed by atoms with Gasteiger partial charge in [-0.2, -0.15) is 0 Å². The SMILES string of the molecule is CC(C)(C)OC(=O)Nc1ccc(C(=O)CN)c(F)c1. The van der Waals surface area contributed by atoms with Gasteiger partial charge in [0.2, 0.25) is 0 Å². The van der Waals surface area contributed by atoms with Crippen LogP contribution in [0.1, 0.15) is 31.1 Å². The summed E-state index contributed by atoms with van der Waals surface area (Å²) in [5.41, 5.74) is 4.62. The van der Waals surface area contributed by atoms with Crippen LogP contribution in [-0.4, -0.2) is 24.0 Å². The molecule has 0 aromatic heterocycles. The van der Waals surface area contributed by atoms with Gasteiger partial charge in [-0.1, -0.05) is 0 Å². The number of carbonyl (C=O) groups excluding carboxylic acids is 2. The van der Waals surface area contributed by atoms with Crippen molar-refractivity contribution in [3.8, 4) is 0 Å². The van der Waals surface area contributed by atoms with Crippen LogP contribution in [0.15, 0.2) is 18.2 Å². The Morgan fingerprint density at radius 1 is 1.37 bits per heavy atom. The number of carbonyl (C=O) groups is 2. The zero-order chi connectivity index (χ0) is 14.6. The number of ketones is 1. The van der Waals surface area contributed by atoms with Crippen LogP contribution in [0.2, 0.25) is 0 Å². The quantitative estimate of drug-likeness (QED) is 0.824. The molecular weight excluding hydrogens is 251 g/mol. The molecule has 0 aliphatic rings. The summed E-state index contributed by atoms with van der Waals surface area (Å²) >= 11 is 0. The highest BCUT2D eigenvalue weighted by atomic mass is 19.1. The first kappa shape index (κ1) is 15.1. The molecule has 6 heteroatoms. The predicted octanol–water partition coefficient (Wildman–Crippen LogP) is 2.31. The van der Waals surface area contributed by atoms with Gasteiger partial charge in [0.1, 0.15) is 11.4 Å². The molecular formula is C13H17FN2O3. The maximum Gasteiger partial charge on any atom is 0.412 e. The van der Waals surface area contributed by atoms with E-state index in [9.17, 15) is 14.0 Å². The summed E-state index contributed by atoms with van der Waals surface area (Å²) in [6.45, 7) is 4.89. The van der Waals surface area contributed by atoms with Crippen LogP contribution in [0.4, 0.5) is 14.9 Å². The Hall–Kier alpha value is -1.95. The topological polar surface area (TPSA) is 81.4 Å². The molecule has 0 spiro atoms. The van der Waals surface area contributed by atoms with Crippen LogP contribution in [0.25, 0.3) is 0 Å². The summed E-state index contributed by atoms with van der Waals surface area (Å²) in [6, 6.07) is 3.74. The fourth-order valence-corrected chi connectivity index (χ4v) is 1.35. The maximum absolute atomic E-state index is 13.6. The van der Waals surface area contributed by atoms with E-state index in [2.05, 4.69) is 5.32 Å². The molecule has 0 radical (unpaired) electrons. The highest BCUT2D eigenvalue weighted by Gasteiger charge is 2.17. The van der Waals surface area contributed by atoms with Crippen molar-refractivity contribution in [1.29, 1.82) is 0 Å². The highest BCUT2D eigenvalue weighted by Crippen LogP contribution is 2.16. The first-order chi connectivity index (χ1) is 8.73. The van der Waals surface area contributed by atoms with E-state index in [1.165, 1.54) is 12.1 Å². The Balaban J connectivity index is 2.79. The molecule has 1 rings (SSSR count). The van der Waals surface area contributed by atoms with Crippen LogP contribution in [-0.2, 0) is 4.74 Å². The lowest BCUT2D eigenvalue weighted by atomic mass is 10.1. The van der Waals surface area contributed by atoms with Crippen LogP contribution < -0.4 is 11.1 Å². The van der Waals surface area contributed by atoms with Crippen molar-refractivity contribution in [3.05, 3.63) is 29.6 Å². The normalized spacial score (nSPS) is 11.0. The second kappa shape index (κ2) is 5.79. The molecule has 0 atom stereocenters. The summed E-state index contributed by atoms with van der Waals surface area (Å²) in [6.07, 6.45) is -0.690. The van der Waals surface area contributed by atoms with E-state index in [-0.39, 0.29) is 17.8 Å². The van der Waals surface area contributed by atoms with Gasteiger partial charge in [0.25, 0.3) is 0 Å². The number of rotatable bonds is 3. The lowest BCUT2D eigenvalue weighted by Crippen LogP contribution is -2.27. The summed E-state index contributed by atoms with van der Waals surface area (Å²) in [5.74, 6) is -1.23. The molecule has 5 nitrogen and oxygen atoms in total. The number of benzene rings is 1. The molecule has 0 saturated carbocycles. The molecule has 0 bridgehead atoms. The molecule has 0 unspecified atom stereocenters. The van der Waals surface area contributed by atoms with E-state index in [0.29, 0.717) is 0 Å². The van der Waals surface area contributed by atoms with E-state index in [1.807, 2.05) is 0 Å². The van der Waals surface area contributed by atoms with Crippen molar-refractivity contribution in [1.82, 2.24) is 0 Å². The van der Waals surface area contributed by atoms with E-state index >= 15 is 0 Å². The number of amides is 1. The van der Waals surface area contributed by atoms with Crippen molar-refractivity contribution in [2.45, 2.75) is 26.4 Å². The minimum absolute atomic E-state index is 0.0998. The second-order valence-electron chi connectivity index (χ2n) is 4.95. The molecule has 0 saturated heterocycles. The van der Waals surface area contributed by atoms with Gasteiger partial charge in [-0.25, -0.2) is 9.18 Å². The average molecular weight is 268 g/mol. The zero-order valence-corrected chi connectivity index (χ0v) is 11.1. The molecule has 104 valence electrons. The van der Waals surface area contributed by atoms with Gasteiger partial charge in [-0.3, -0.25) is 10.1 Å². The molecule has 3 N–H and O–H groups in total. The number of hydrogen-bond donors (Lipinski definition) is 2. The third kappa shape index (κ3) is 4.67. The van der Waals surface area contributed by atoms with E-state index in [4.69, 9.17) is 10.5 Å². The maximum atomic E-state index is 13.6. The smallest absolute Gasteiger partial charge is 0.412 e. The average Bonchev–Trinajstić information content (AvgIpc) is 2.25. The number of halogens is 1. The van der Waals surface area contributed by atoms with Crippen molar-refractivity contribution < 1.29 is 18.7 Å². The number of anilines is 1. The lowest BCUT2D eigenvalue weighted by Gasteiger charge is -2.19. The minimum Gasteiger partial charge on any atom is -0.444 e. The predicted molar refractivity (Wildman–Crippen MR) is 69.6 cm³/mol. The second-order valence-corrected chi connectivity index (χ2v) is 4.95. The summed E-state index contributed by atoms with van der Waals surface area (Å²) in [4.78, 5) is 22.8. The largest absolute Gasteiger partial charge is 0.444 e. The number of nitrogens with two attached hydrogens (primary N) is 1. The molecule has 0 heterocycles. The van der Waals surface area contributed by atoms with Crippen molar-refractivity contribution in [3.63, 3.8) is 0 Å². The van der Waals surface area contributed by atoms with E-state index in [1.54, 1.807) is 20.8 Å². The molecule has 0 fully saturated rings. The number of ether oxygens (including phenoxy) is 1. The zero-order valence-electron chi connectivity index (χ0n) is 11.1. The minimum atomic E-state index is -0.732. The Kier molecular flexibility index (Phi) is 4.61. The third-order valence-corrected chi connectivity index (χ3v) is 2.10. The summed E-state index contributed by atoms with van der Waals surface area (Å²) in [7, 11) is 0. The molecule has 0 aliphatic heterocycles. The van der Waals surface area contributed by atoms with Gasteiger partial charge < -0.3 is 10.5 Å². The first-order valence-corrected chi connectivity index (χ1v) is 5.76. The fraction of sp³-hybridized carbons (Fsp3) is 0.385. The Labute approximate surface area is 110 Å². The molecule has 0 aliphatic carbocycles. The first-order valence-electron chi connectivity index (χ1n) is 5.76. The summed E-state index contributed by atoms with van der Waals surface area (Å²) in [5, 5.41) is 2.38. The monoisotopic (exact) mass is 268 g/mol. The molecule has 1 amide bonds. The number of hydrogen-bond acceptors (Lipinski definition) is 4. The Morgan fingerprint density at radius 3 is 2.47 bits per heavy atom. The van der Waals surface area contributed by atoms with Crippen molar-refractivity contribution in [2.75, 3.05) is 11.9 Å². The Bertz CT molecular complexity index is 495. The molecule has 1 aromatic carbocycles. The standard InChI is InChI=1S/C13H17FN2O3/c1-13(2,3)19-12(18)16-8-4-5-9(10(14)6-8)11(17)7-15/h4-6H,7,15H2,1-3H3,(H,16,18). The summed E-state index contributed by atoms with van der Waals surface area (Å²) < 4.78 is 18.6. The van der Waals surface area contributed by atoms with E-state index in [0.717, 1.165) is 6.07 Å². The van der Waals surface area contributed by atoms with Gasteiger partial charge in [0, 0.05) is 5.69 Å². The van der Waals surface area contributed by atoms with Crippen LogP contribution >= 0.6 is 0 Å². The van der Waals surface area contributed by atoms with Gasteiger partial charge in [-0.05, 0) is 39.0 Å². The van der Waals surface area contributed by atoms with Gasteiger partial charge in [0.15, 0.2) is 5.78 Å². The van der Waals surface area contributed by atoms with Gasteiger partial charge in [-0.15, -0.1) is 0 Å². The third-order valence-electron chi connectivity index (χ3n) is 2.10. The Morgan fingerprint density at radius 2 is 2.00 bits per heavy atom. The van der Waals surface area contributed by atoms with Crippen molar-refractivity contribution in [2.24, 2.45) is 5.73 Å². The van der Waals surface area contributed by atoms with Crippen LogP contribution in [0.3, 0.4) is 0 Å². The van der Waals surface area contributed by atoms with Crippen LogP contribution in [0, 0.1) is 5.82 Å². The van der Waals surface area contributed by atoms with Gasteiger partial charge in [0.05, 0.1) is 12.1 Å². The fourth-order valence-electron chi connectivity index (χ4n) is 1.35. The van der Waals surface area contributed by atoms with E-state index < -0.39 is 23.3 Å².